The number of halogens is 4. The molecule has 0 bridgehead atoms. The van der Waals surface area contributed by atoms with Gasteiger partial charge in [-0.25, -0.2) is 12.8 Å². The molecule has 6 nitrogen and oxygen atoms in total. The van der Waals surface area contributed by atoms with Crippen molar-refractivity contribution in [3.8, 4) is 0 Å². The second-order valence-electron chi connectivity index (χ2n) is 8.65. The van der Waals surface area contributed by atoms with Crippen molar-refractivity contribution in [2.24, 2.45) is 5.41 Å². The molecule has 34 heavy (non-hydrogen) atoms. The lowest BCUT2D eigenvalue weighted by molar-refractivity contribution is -0.139. The lowest BCUT2D eigenvalue weighted by Crippen LogP contribution is -2.46. The molecule has 0 aromatic heterocycles. The summed E-state index contributed by atoms with van der Waals surface area (Å²) in [5, 5.41) is 9.60. The number of carbonyl (C=O) groups excluding carboxylic acids is 1. The van der Waals surface area contributed by atoms with Gasteiger partial charge in [-0.1, -0.05) is 24.3 Å². The van der Waals surface area contributed by atoms with E-state index in [4.69, 9.17) is 0 Å². The predicted octanol–water partition coefficient (Wildman–Crippen LogP) is 3.92. The molecule has 1 amide bonds. The molecular formula is C23H24F4N2O4S. The van der Waals surface area contributed by atoms with E-state index in [0.717, 1.165) is 22.5 Å². The van der Waals surface area contributed by atoms with Crippen LogP contribution in [0.25, 0.3) is 0 Å². The molecule has 2 aliphatic rings. The number of rotatable bonds is 5. The fourth-order valence-electron chi connectivity index (χ4n) is 4.72. The van der Waals surface area contributed by atoms with Gasteiger partial charge in [0.25, 0.3) is 0 Å². The molecule has 2 aliphatic heterocycles. The van der Waals surface area contributed by atoms with E-state index in [1.54, 1.807) is 29.2 Å². The minimum atomic E-state index is -4.81. The second kappa shape index (κ2) is 8.94. The lowest BCUT2D eigenvalue weighted by Gasteiger charge is -2.37. The van der Waals surface area contributed by atoms with Crippen molar-refractivity contribution in [1.82, 2.24) is 4.31 Å². The Hall–Kier alpha value is -2.50. The Balaban J connectivity index is 1.49. The maximum Gasteiger partial charge on any atom is 0.417 e. The number of benzene rings is 2. The van der Waals surface area contributed by atoms with Gasteiger partial charge in [-0.2, -0.15) is 17.5 Å². The summed E-state index contributed by atoms with van der Waals surface area (Å²) in [4.78, 5) is 14.1. The SMILES string of the molecule is O=C1N(c2ccc(C(O)CF)cc2)CCC12CCN(S(=O)(=O)c1ccccc1C(F)(F)F)CC2. The van der Waals surface area contributed by atoms with Crippen molar-refractivity contribution in [3.05, 3.63) is 59.7 Å². The van der Waals surface area contributed by atoms with Crippen LogP contribution >= 0.6 is 0 Å². The highest BCUT2D eigenvalue weighted by molar-refractivity contribution is 7.89. The third-order valence-corrected chi connectivity index (χ3v) is 8.70. The maximum atomic E-state index is 13.4. The van der Waals surface area contributed by atoms with Gasteiger partial charge in [-0.3, -0.25) is 4.79 Å². The first-order valence-corrected chi connectivity index (χ1v) is 12.3. The first kappa shape index (κ1) is 24.6. The fraction of sp³-hybridized carbons (Fsp3) is 0.435. The molecule has 2 aromatic carbocycles. The molecule has 0 saturated carbocycles. The number of aliphatic hydroxyl groups is 1. The standard InChI is InChI=1S/C23H24F4N2O4S/c24-15-19(30)16-5-7-17(8-6-16)29-14-11-22(21(29)31)9-12-28(13-10-22)34(32,33)20-4-2-1-3-18(20)23(25,26)27/h1-8,19,30H,9-15H2. The smallest absolute Gasteiger partial charge is 0.386 e. The molecule has 2 heterocycles. The number of hydrogen-bond acceptors (Lipinski definition) is 4. The molecule has 1 atom stereocenters. The van der Waals surface area contributed by atoms with Crippen LogP contribution in [0.4, 0.5) is 23.2 Å². The normalized spacial score (nSPS) is 20.1. The van der Waals surface area contributed by atoms with Crippen LogP contribution in [0.3, 0.4) is 0 Å². The highest BCUT2D eigenvalue weighted by Crippen LogP contribution is 2.44. The van der Waals surface area contributed by atoms with Gasteiger partial charge in [0, 0.05) is 25.3 Å². The topological polar surface area (TPSA) is 77.9 Å². The molecule has 11 heteroatoms. The van der Waals surface area contributed by atoms with Gasteiger partial charge in [0.15, 0.2) is 0 Å². The molecule has 1 N–H and O–H groups in total. The Kier molecular flexibility index (Phi) is 6.47. The van der Waals surface area contributed by atoms with Crippen LogP contribution in [0.5, 0.6) is 0 Å². The Labute approximate surface area is 194 Å². The summed E-state index contributed by atoms with van der Waals surface area (Å²) in [7, 11) is -4.39. The molecule has 2 fully saturated rings. The average molecular weight is 501 g/mol. The van der Waals surface area contributed by atoms with Crippen LogP contribution in [0, 0.1) is 5.41 Å². The largest absolute Gasteiger partial charge is 0.417 e. The molecule has 184 valence electrons. The zero-order valence-corrected chi connectivity index (χ0v) is 18.9. The monoisotopic (exact) mass is 500 g/mol. The summed E-state index contributed by atoms with van der Waals surface area (Å²) in [5.41, 5.74) is -1.01. The number of amides is 1. The zero-order valence-electron chi connectivity index (χ0n) is 18.1. The first-order valence-electron chi connectivity index (χ1n) is 10.8. The van der Waals surface area contributed by atoms with Gasteiger partial charge in [0.05, 0.1) is 15.9 Å². The number of piperidine rings is 1. The quantitative estimate of drug-likeness (QED) is 0.632. The van der Waals surface area contributed by atoms with E-state index >= 15 is 0 Å². The van der Waals surface area contributed by atoms with Crippen molar-refractivity contribution >= 4 is 21.6 Å². The molecule has 4 rings (SSSR count). The van der Waals surface area contributed by atoms with Gasteiger partial charge in [0.1, 0.15) is 12.8 Å². The number of anilines is 1. The van der Waals surface area contributed by atoms with Crippen LogP contribution in [0.1, 0.15) is 36.5 Å². The van der Waals surface area contributed by atoms with Gasteiger partial charge in [-0.05, 0) is 49.1 Å². The van der Waals surface area contributed by atoms with Crippen LogP contribution in [-0.4, -0.2) is 50.0 Å². The molecular weight excluding hydrogens is 476 g/mol. The number of hydrogen-bond donors (Lipinski definition) is 1. The second-order valence-corrected chi connectivity index (χ2v) is 10.6. The number of carbonyl (C=O) groups is 1. The number of sulfonamides is 1. The highest BCUT2D eigenvalue weighted by atomic mass is 32.2. The summed E-state index contributed by atoms with van der Waals surface area (Å²) < 4.78 is 79.8. The van der Waals surface area contributed by atoms with Gasteiger partial charge >= 0.3 is 6.18 Å². The van der Waals surface area contributed by atoms with Crippen molar-refractivity contribution in [1.29, 1.82) is 0 Å². The number of nitrogens with zero attached hydrogens (tertiary/aromatic N) is 2. The van der Waals surface area contributed by atoms with Gasteiger partial charge in [-0.15, -0.1) is 0 Å². The summed E-state index contributed by atoms with van der Waals surface area (Å²) in [6.07, 6.45) is -5.14. The maximum absolute atomic E-state index is 13.4. The highest BCUT2D eigenvalue weighted by Gasteiger charge is 2.50. The van der Waals surface area contributed by atoms with Crippen molar-refractivity contribution in [2.75, 3.05) is 31.2 Å². The molecule has 0 aliphatic carbocycles. The van der Waals surface area contributed by atoms with Crippen molar-refractivity contribution in [2.45, 2.75) is 36.4 Å². The molecule has 1 spiro atoms. The predicted molar refractivity (Wildman–Crippen MR) is 116 cm³/mol. The van der Waals surface area contributed by atoms with Crippen molar-refractivity contribution < 1.29 is 35.9 Å². The van der Waals surface area contributed by atoms with E-state index in [0.29, 0.717) is 24.2 Å². The van der Waals surface area contributed by atoms with E-state index in [9.17, 15) is 35.9 Å². The summed E-state index contributed by atoms with van der Waals surface area (Å²) in [6, 6.07) is 10.4. The van der Waals surface area contributed by atoms with Crippen LogP contribution in [-0.2, 0) is 21.0 Å². The lowest BCUT2D eigenvalue weighted by atomic mass is 9.77. The Morgan fingerprint density at radius 3 is 2.15 bits per heavy atom. The Morgan fingerprint density at radius 1 is 0.971 bits per heavy atom. The third kappa shape index (κ3) is 4.32. The molecule has 0 radical (unpaired) electrons. The molecule has 2 saturated heterocycles. The summed E-state index contributed by atoms with van der Waals surface area (Å²) in [6.45, 7) is -0.628. The average Bonchev–Trinajstić information content (AvgIpc) is 3.13. The van der Waals surface area contributed by atoms with E-state index in [2.05, 4.69) is 0 Å². The Bertz CT molecular complexity index is 1160. The van der Waals surface area contributed by atoms with Crippen LogP contribution in [0.2, 0.25) is 0 Å². The zero-order chi connectivity index (χ0) is 24.7. The molecule has 2 aromatic rings. The van der Waals surface area contributed by atoms with E-state index < -0.39 is 44.9 Å². The summed E-state index contributed by atoms with van der Waals surface area (Å²) in [5.74, 6) is -0.168. The number of alkyl halides is 4. The van der Waals surface area contributed by atoms with Crippen LogP contribution < -0.4 is 4.90 Å². The first-order chi connectivity index (χ1) is 16.0. The van der Waals surface area contributed by atoms with E-state index in [-0.39, 0.29) is 31.8 Å². The summed E-state index contributed by atoms with van der Waals surface area (Å²) >= 11 is 0. The van der Waals surface area contributed by atoms with E-state index in [1.165, 1.54) is 6.07 Å². The molecule has 1 unspecified atom stereocenters. The fourth-order valence-corrected chi connectivity index (χ4v) is 6.37. The minimum Gasteiger partial charge on any atom is -0.386 e. The van der Waals surface area contributed by atoms with Gasteiger partial charge < -0.3 is 10.0 Å². The number of aliphatic hydroxyl groups excluding tert-OH is 1. The van der Waals surface area contributed by atoms with E-state index in [1.807, 2.05) is 0 Å². The van der Waals surface area contributed by atoms with Crippen molar-refractivity contribution in [3.63, 3.8) is 0 Å². The van der Waals surface area contributed by atoms with Crippen LogP contribution in [0.15, 0.2) is 53.4 Å². The Morgan fingerprint density at radius 2 is 1.56 bits per heavy atom. The van der Waals surface area contributed by atoms with Gasteiger partial charge in [0.2, 0.25) is 15.9 Å². The third-order valence-electron chi connectivity index (χ3n) is 6.74. The minimum absolute atomic E-state index is 0.0598.